The lowest BCUT2D eigenvalue weighted by Gasteiger charge is -2.17. The monoisotopic (exact) mass is 203 g/mol. The van der Waals surface area contributed by atoms with Gasteiger partial charge in [0.05, 0.1) is 0 Å². The first-order valence-corrected chi connectivity index (χ1v) is 4.42. The van der Waals surface area contributed by atoms with Crippen molar-refractivity contribution in [1.82, 2.24) is 4.90 Å². The molecule has 0 fully saturated rings. The van der Waals surface area contributed by atoms with E-state index in [1.54, 1.807) is 7.11 Å². The topological polar surface area (TPSA) is 66.8 Å². The largest absolute Gasteiger partial charge is 0.480 e. The van der Waals surface area contributed by atoms with Crippen LogP contribution in [0.15, 0.2) is 0 Å². The Labute approximate surface area is 83.6 Å². The second-order valence-corrected chi connectivity index (χ2v) is 3.41. The van der Waals surface area contributed by atoms with E-state index in [0.29, 0.717) is 13.0 Å². The zero-order valence-corrected chi connectivity index (χ0v) is 8.82. The summed E-state index contributed by atoms with van der Waals surface area (Å²) in [7, 11) is 3.05. The minimum absolute atomic E-state index is 0.115. The van der Waals surface area contributed by atoms with Gasteiger partial charge < -0.3 is 14.7 Å². The van der Waals surface area contributed by atoms with E-state index in [4.69, 9.17) is 9.84 Å². The molecule has 0 aromatic carbocycles. The summed E-state index contributed by atoms with van der Waals surface area (Å²) in [4.78, 5) is 22.9. The average molecular weight is 203 g/mol. The fourth-order valence-corrected chi connectivity index (χ4v) is 1.09. The second-order valence-electron chi connectivity index (χ2n) is 3.41. The minimum atomic E-state index is -1.000. The van der Waals surface area contributed by atoms with E-state index in [2.05, 4.69) is 0 Å². The Morgan fingerprint density at radius 1 is 1.50 bits per heavy atom. The van der Waals surface area contributed by atoms with Gasteiger partial charge in [-0.3, -0.25) is 9.59 Å². The molecule has 1 amide bonds. The summed E-state index contributed by atoms with van der Waals surface area (Å²) >= 11 is 0. The van der Waals surface area contributed by atoms with Crippen LogP contribution in [0.1, 0.15) is 13.3 Å². The number of carbonyl (C=O) groups excluding carboxylic acids is 1. The second kappa shape index (κ2) is 6.37. The van der Waals surface area contributed by atoms with Gasteiger partial charge in [-0.25, -0.2) is 0 Å². The van der Waals surface area contributed by atoms with Crippen molar-refractivity contribution in [3.63, 3.8) is 0 Å². The summed E-state index contributed by atoms with van der Waals surface area (Å²) in [6.07, 6.45) is 0.317. The van der Waals surface area contributed by atoms with E-state index in [1.165, 1.54) is 11.9 Å². The number of carboxylic acid groups (broad SMARTS) is 1. The molecule has 5 heteroatoms. The van der Waals surface area contributed by atoms with Crippen LogP contribution in [-0.2, 0) is 14.3 Å². The molecule has 82 valence electrons. The molecular formula is C9H17NO4. The maximum absolute atomic E-state index is 11.4. The molecular weight excluding hydrogens is 186 g/mol. The molecule has 0 saturated heterocycles. The molecule has 1 unspecified atom stereocenters. The first-order chi connectivity index (χ1) is 6.47. The van der Waals surface area contributed by atoms with Crippen LogP contribution in [0.4, 0.5) is 0 Å². The SMILES string of the molecule is COCC(C)CC(=O)N(C)CC(=O)O. The highest BCUT2D eigenvalue weighted by molar-refractivity contribution is 5.81. The molecule has 0 bridgehead atoms. The van der Waals surface area contributed by atoms with Gasteiger partial charge in [0.15, 0.2) is 0 Å². The minimum Gasteiger partial charge on any atom is -0.480 e. The fraction of sp³-hybridized carbons (Fsp3) is 0.778. The van der Waals surface area contributed by atoms with Gasteiger partial charge in [-0.2, -0.15) is 0 Å². The standard InChI is InChI=1S/C9H17NO4/c1-7(6-14-3)4-8(11)10(2)5-9(12)13/h7H,4-6H2,1-3H3,(H,12,13). The third-order valence-electron chi connectivity index (χ3n) is 1.77. The summed E-state index contributed by atoms with van der Waals surface area (Å²) in [5, 5.41) is 8.45. The predicted octanol–water partition coefficient (Wildman–Crippen LogP) is 0.202. The predicted molar refractivity (Wildman–Crippen MR) is 50.9 cm³/mol. The maximum Gasteiger partial charge on any atom is 0.323 e. The van der Waals surface area contributed by atoms with E-state index in [-0.39, 0.29) is 18.4 Å². The maximum atomic E-state index is 11.4. The van der Waals surface area contributed by atoms with Gasteiger partial charge >= 0.3 is 5.97 Å². The third kappa shape index (κ3) is 5.53. The fourth-order valence-electron chi connectivity index (χ4n) is 1.09. The van der Waals surface area contributed by atoms with Crippen molar-refractivity contribution in [3.8, 4) is 0 Å². The summed E-state index contributed by atoms with van der Waals surface area (Å²) in [6.45, 7) is 2.14. The number of ether oxygens (including phenoxy) is 1. The highest BCUT2D eigenvalue weighted by atomic mass is 16.5. The lowest BCUT2D eigenvalue weighted by atomic mass is 10.1. The number of hydrogen-bond acceptors (Lipinski definition) is 3. The first-order valence-electron chi connectivity index (χ1n) is 4.42. The number of hydrogen-bond donors (Lipinski definition) is 1. The summed E-state index contributed by atoms with van der Waals surface area (Å²) in [6, 6.07) is 0. The van der Waals surface area contributed by atoms with Crippen LogP contribution in [0, 0.1) is 5.92 Å². The third-order valence-corrected chi connectivity index (χ3v) is 1.77. The quantitative estimate of drug-likeness (QED) is 0.669. The van der Waals surface area contributed by atoms with Crippen molar-refractivity contribution in [2.24, 2.45) is 5.92 Å². The van der Waals surface area contributed by atoms with Gasteiger partial charge in [0.2, 0.25) is 5.91 Å². The summed E-state index contributed by atoms with van der Waals surface area (Å²) < 4.78 is 4.88. The van der Waals surface area contributed by atoms with Crippen molar-refractivity contribution in [1.29, 1.82) is 0 Å². The van der Waals surface area contributed by atoms with Crippen molar-refractivity contribution in [2.75, 3.05) is 27.3 Å². The Hall–Kier alpha value is -1.10. The molecule has 0 aliphatic rings. The lowest BCUT2D eigenvalue weighted by Crippen LogP contribution is -2.33. The molecule has 0 aromatic rings. The molecule has 0 aliphatic heterocycles. The zero-order chi connectivity index (χ0) is 11.1. The number of likely N-dealkylation sites (N-methyl/N-ethyl adjacent to an activating group) is 1. The molecule has 1 N–H and O–H groups in total. The average Bonchev–Trinajstić information content (AvgIpc) is 2.02. The molecule has 0 rings (SSSR count). The van der Waals surface area contributed by atoms with Gasteiger partial charge in [0, 0.05) is 27.2 Å². The van der Waals surface area contributed by atoms with Crippen LogP contribution in [0.2, 0.25) is 0 Å². The number of amides is 1. The van der Waals surface area contributed by atoms with Crippen LogP contribution in [-0.4, -0.2) is 49.2 Å². The zero-order valence-electron chi connectivity index (χ0n) is 8.82. The Balaban J connectivity index is 3.88. The van der Waals surface area contributed by atoms with Crippen LogP contribution < -0.4 is 0 Å². The van der Waals surface area contributed by atoms with Crippen molar-refractivity contribution >= 4 is 11.9 Å². The molecule has 5 nitrogen and oxygen atoms in total. The van der Waals surface area contributed by atoms with Gasteiger partial charge in [-0.1, -0.05) is 6.92 Å². The number of nitrogens with zero attached hydrogens (tertiary/aromatic N) is 1. The molecule has 0 aromatic heterocycles. The number of methoxy groups -OCH3 is 1. The summed E-state index contributed by atoms with van der Waals surface area (Å²) in [5.74, 6) is -1.05. The molecule has 0 spiro atoms. The van der Waals surface area contributed by atoms with Gasteiger partial charge in [0.25, 0.3) is 0 Å². The van der Waals surface area contributed by atoms with Crippen LogP contribution in [0.5, 0.6) is 0 Å². The Kier molecular flexibility index (Phi) is 5.87. The Bertz CT molecular complexity index is 205. The summed E-state index contributed by atoms with van der Waals surface area (Å²) in [5.41, 5.74) is 0. The molecule has 0 heterocycles. The molecule has 0 aliphatic carbocycles. The van der Waals surface area contributed by atoms with Crippen LogP contribution in [0.25, 0.3) is 0 Å². The first kappa shape index (κ1) is 12.9. The van der Waals surface area contributed by atoms with E-state index in [9.17, 15) is 9.59 Å². The van der Waals surface area contributed by atoms with Crippen molar-refractivity contribution in [2.45, 2.75) is 13.3 Å². The van der Waals surface area contributed by atoms with E-state index in [0.717, 1.165) is 0 Å². The van der Waals surface area contributed by atoms with Crippen LogP contribution >= 0.6 is 0 Å². The van der Waals surface area contributed by atoms with E-state index >= 15 is 0 Å². The smallest absolute Gasteiger partial charge is 0.323 e. The number of carboxylic acids is 1. The number of rotatable bonds is 6. The van der Waals surface area contributed by atoms with Crippen molar-refractivity contribution < 1.29 is 19.4 Å². The van der Waals surface area contributed by atoms with Crippen molar-refractivity contribution in [3.05, 3.63) is 0 Å². The Morgan fingerprint density at radius 2 is 2.07 bits per heavy atom. The normalized spacial score (nSPS) is 12.2. The lowest BCUT2D eigenvalue weighted by molar-refractivity contribution is -0.143. The highest BCUT2D eigenvalue weighted by Crippen LogP contribution is 2.04. The molecule has 1 atom stereocenters. The highest BCUT2D eigenvalue weighted by Gasteiger charge is 2.15. The van der Waals surface area contributed by atoms with Crippen LogP contribution in [0.3, 0.4) is 0 Å². The number of aliphatic carboxylic acids is 1. The van der Waals surface area contributed by atoms with E-state index < -0.39 is 5.97 Å². The van der Waals surface area contributed by atoms with Gasteiger partial charge in [-0.05, 0) is 5.92 Å². The van der Waals surface area contributed by atoms with Gasteiger partial charge in [-0.15, -0.1) is 0 Å². The van der Waals surface area contributed by atoms with Gasteiger partial charge in [0.1, 0.15) is 6.54 Å². The molecule has 14 heavy (non-hydrogen) atoms. The molecule has 0 radical (unpaired) electrons. The molecule has 0 saturated carbocycles. The Morgan fingerprint density at radius 3 is 2.50 bits per heavy atom. The number of carbonyl (C=O) groups is 2. The van der Waals surface area contributed by atoms with E-state index in [1.807, 2.05) is 6.92 Å².